The van der Waals surface area contributed by atoms with Crippen LogP contribution in [0.4, 0.5) is 5.69 Å². The summed E-state index contributed by atoms with van der Waals surface area (Å²) in [6.07, 6.45) is 1.07. The molecule has 1 aromatic heterocycles. The normalized spacial score (nSPS) is 10.1. The Kier molecular flexibility index (Phi) is 4.39. The van der Waals surface area contributed by atoms with Crippen LogP contribution in [0.1, 0.15) is 10.4 Å². The van der Waals surface area contributed by atoms with E-state index in [-0.39, 0.29) is 18.7 Å². The summed E-state index contributed by atoms with van der Waals surface area (Å²) in [4.78, 5) is 38.1. The zero-order valence-corrected chi connectivity index (χ0v) is 11.0. The first-order valence-corrected chi connectivity index (χ1v) is 6.15. The zero-order valence-electron chi connectivity index (χ0n) is 11.0. The molecule has 5 N–H and O–H groups in total. The van der Waals surface area contributed by atoms with Gasteiger partial charge in [0, 0.05) is 11.9 Å². The smallest absolute Gasteiger partial charge is 0.325 e. The van der Waals surface area contributed by atoms with Crippen molar-refractivity contribution in [3.8, 4) is 5.75 Å². The maximum atomic E-state index is 11.7. The van der Waals surface area contributed by atoms with Crippen molar-refractivity contribution in [1.29, 1.82) is 0 Å². The Hall–Kier alpha value is -3.03. The number of rotatable bonds is 5. The monoisotopic (exact) mass is 290 g/mol. The standard InChI is InChI=1S/C13H14N4O4/c14-8-1-3-9(4-2-8)21-6-5-15-11(18)10-7-16-13(20)17-12(10)19/h1-4,7H,5-6,14H2,(H,15,18)(H2,16,17,19,20). The van der Waals surface area contributed by atoms with Gasteiger partial charge in [0.15, 0.2) is 0 Å². The lowest BCUT2D eigenvalue weighted by Gasteiger charge is -2.07. The van der Waals surface area contributed by atoms with Crippen LogP contribution in [0, 0.1) is 0 Å². The highest BCUT2D eigenvalue weighted by Crippen LogP contribution is 2.12. The van der Waals surface area contributed by atoms with Crippen LogP contribution in [0.25, 0.3) is 0 Å². The van der Waals surface area contributed by atoms with Gasteiger partial charge < -0.3 is 20.8 Å². The van der Waals surface area contributed by atoms with E-state index < -0.39 is 17.2 Å². The van der Waals surface area contributed by atoms with Crippen LogP contribution < -0.4 is 27.0 Å². The second-order valence-corrected chi connectivity index (χ2v) is 4.16. The summed E-state index contributed by atoms with van der Waals surface area (Å²) in [5, 5.41) is 2.51. The zero-order chi connectivity index (χ0) is 15.2. The van der Waals surface area contributed by atoms with E-state index in [1.54, 1.807) is 24.3 Å². The van der Waals surface area contributed by atoms with Crippen molar-refractivity contribution in [2.75, 3.05) is 18.9 Å². The Balaban J connectivity index is 1.83. The number of nitrogen functional groups attached to an aromatic ring is 1. The van der Waals surface area contributed by atoms with E-state index in [2.05, 4.69) is 10.3 Å². The maximum Gasteiger partial charge on any atom is 0.325 e. The van der Waals surface area contributed by atoms with Gasteiger partial charge in [-0.1, -0.05) is 0 Å². The summed E-state index contributed by atoms with van der Waals surface area (Å²) in [7, 11) is 0. The molecule has 21 heavy (non-hydrogen) atoms. The molecule has 110 valence electrons. The number of aromatic nitrogens is 2. The van der Waals surface area contributed by atoms with E-state index in [0.717, 1.165) is 6.20 Å². The van der Waals surface area contributed by atoms with Gasteiger partial charge >= 0.3 is 5.69 Å². The number of nitrogens with two attached hydrogens (primary N) is 1. The van der Waals surface area contributed by atoms with Gasteiger partial charge in [-0.3, -0.25) is 14.6 Å². The summed E-state index contributed by atoms with van der Waals surface area (Å²) in [6, 6.07) is 6.83. The number of hydrogen-bond acceptors (Lipinski definition) is 5. The Labute approximate surface area is 119 Å². The number of ether oxygens (including phenoxy) is 1. The van der Waals surface area contributed by atoms with Crippen LogP contribution in [0.15, 0.2) is 40.1 Å². The molecule has 0 saturated carbocycles. The van der Waals surface area contributed by atoms with Crippen LogP contribution in [0.5, 0.6) is 5.75 Å². The van der Waals surface area contributed by atoms with Gasteiger partial charge in [-0.2, -0.15) is 0 Å². The first-order valence-electron chi connectivity index (χ1n) is 6.15. The van der Waals surface area contributed by atoms with E-state index >= 15 is 0 Å². The predicted octanol–water partition coefficient (Wildman–Crippen LogP) is -0.546. The van der Waals surface area contributed by atoms with Crippen LogP contribution in [-0.2, 0) is 0 Å². The molecule has 8 nitrogen and oxygen atoms in total. The maximum absolute atomic E-state index is 11.7. The molecule has 0 spiro atoms. The number of amides is 1. The van der Waals surface area contributed by atoms with Crippen molar-refractivity contribution in [3.63, 3.8) is 0 Å². The van der Waals surface area contributed by atoms with E-state index in [1.807, 2.05) is 4.98 Å². The summed E-state index contributed by atoms with van der Waals surface area (Å²) >= 11 is 0. The molecular weight excluding hydrogens is 276 g/mol. The highest BCUT2D eigenvalue weighted by molar-refractivity contribution is 5.93. The Morgan fingerprint density at radius 2 is 1.95 bits per heavy atom. The summed E-state index contributed by atoms with van der Waals surface area (Å²) < 4.78 is 5.38. The van der Waals surface area contributed by atoms with Gasteiger partial charge in [0.1, 0.15) is 17.9 Å². The first kappa shape index (κ1) is 14.4. The molecule has 0 saturated heterocycles. The number of H-pyrrole nitrogens is 2. The molecular formula is C13H14N4O4. The van der Waals surface area contributed by atoms with Crippen LogP contribution in [-0.4, -0.2) is 29.0 Å². The summed E-state index contributed by atoms with van der Waals surface area (Å²) in [6.45, 7) is 0.443. The SMILES string of the molecule is Nc1ccc(OCCNC(=O)c2c[nH]c(=O)[nH]c2=O)cc1. The summed E-state index contributed by atoms with van der Waals surface area (Å²) in [5.74, 6) is 0.0359. The molecule has 2 aromatic rings. The van der Waals surface area contributed by atoms with Gasteiger partial charge in [0.25, 0.3) is 11.5 Å². The molecule has 0 unspecified atom stereocenters. The Morgan fingerprint density at radius 3 is 2.62 bits per heavy atom. The molecule has 1 amide bonds. The minimum Gasteiger partial charge on any atom is -0.492 e. The number of carbonyl (C=O) groups excluding carboxylic acids is 1. The van der Waals surface area contributed by atoms with E-state index in [4.69, 9.17) is 10.5 Å². The molecule has 0 aliphatic carbocycles. The number of carbonyl (C=O) groups is 1. The molecule has 0 radical (unpaired) electrons. The molecule has 0 aliphatic heterocycles. The lowest BCUT2D eigenvalue weighted by Crippen LogP contribution is -2.35. The number of benzene rings is 1. The minimum absolute atomic E-state index is 0.165. The number of anilines is 1. The van der Waals surface area contributed by atoms with Gasteiger partial charge in [-0.25, -0.2) is 4.79 Å². The molecule has 0 aliphatic rings. The largest absolute Gasteiger partial charge is 0.492 e. The third-order valence-electron chi connectivity index (χ3n) is 2.60. The topological polar surface area (TPSA) is 130 Å². The van der Waals surface area contributed by atoms with E-state index in [0.29, 0.717) is 11.4 Å². The predicted molar refractivity (Wildman–Crippen MR) is 76.4 cm³/mol. The Morgan fingerprint density at radius 1 is 1.24 bits per heavy atom. The van der Waals surface area contributed by atoms with Crippen molar-refractivity contribution in [2.45, 2.75) is 0 Å². The molecule has 2 rings (SSSR count). The lowest BCUT2D eigenvalue weighted by molar-refractivity contribution is 0.0945. The fourth-order valence-electron chi connectivity index (χ4n) is 1.57. The molecule has 8 heteroatoms. The molecule has 1 heterocycles. The van der Waals surface area contributed by atoms with Crippen molar-refractivity contribution in [2.24, 2.45) is 0 Å². The third kappa shape index (κ3) is 3.96. The number of aromatic amines is 2. The first-order chi connectivity index (χ1) is 10.1. The molecule has 0 bridgehead atoms. The fourth-order valence-corrected chi connectivity index (χ4v) is 1.57. The van der Waals surface area contributed by atoms with Gasteiger partial charge in [-0.05, 0) is 24.3 Å². The van der Waals surface area contributed by atoms with Crippen LogP contribution in [0.3, 0.4) is 0 Å². The van der Waals surface area contributed by atoms with Crippen molar-refractivity contribution in [3.05, 3.63) is 56.9 Å². The van der Waals surface area contributed by atoms with Gasteiger partial charge in [-0.15, -0.1) is 0 Å². The second-order valence-electron chi connectivity index (χ2n) is 4.16. The lowest BCUT2D eigenvalue weighted by atomic mass is 10.3. The highest BCUT2D eigenvalue weighted by atomic mass is 16.5. The average Bonchev–Trinajstić information content (AvgIpc) is 2.45. The Bertz CT molecular complexity index is 733. The second kappa shape index (κ2) is 6.42. The molecule has 0 atom stereocenters. The minimum atomic E-state index is -0.740. The number of nitrogens with one attached hydrogen (secondary N) is 3. The number of hydrogen-bond donors (Lipinski definition) is 4. The fraction of sp³-hybridized carbons (Fsp3) is 0.154. The third-order valence-corrected chi connectivity index (χ3v) is 2.60. The van der Waals surface area contributed by atoms with Crippen molar-refractivity contribution >= 4 is 11.6 Å². The highest BCUT2D eigenvalue weighted by Gasteiger charge is 2.09. The molecule has 0 fully saturated rings. The van der Waals surface area contributed by atoms with Gasteiger partial charge in [0.2, 0.25) is 0 Å². The van der Waals surface area contributed by atoms with Gasteiger partial charge in [0.05, 0.1) is 6.54 Å². The van der Waals surface area contributed by atoms with Crippen molar-refractivity contribution < 1.29 is 9.53 Å². The van der Waals surface area contributed by atoms with Crippen molar-refractivity contribution in [1.82, 2.24) is 15.3 Å². The molecule has 1 aromatic carbocycles. The van der Waals surface area contributed by atoms with Crippen LogP contribution in [0.2, 0.25) is 0 Å². The van der Waals surface area contributed by atoms with Crippen LogP contribution >= 0.6 is 0 Å². The van der Waals surface area contributed by atoms with E-state index in [9.17, 15) is 14.4 Å². The van der Waals surface area contributed by atoms with E-state index in [1.165, 1.54) is 0 Å². The quantitative estimate of drug-likeness (QED) is 0.434. The average molecular weight is 290 g/mol. The summed E-state index contributed by atoms with van der Waals surface area (Å²) in [5.41, 5.74) is 4.60.